The van der Waals surface area contributed by atoms with Gasteiger partial charge < -0.3 is 9.47 Å². The molecule has 0 aromatic heterocycles. The van der Waals surface area contributed by atoms with Crippen molar-refractivity contribution < 1.29 is 9.47 Å². The standard InChI is InChI=1S/C10H11IO2/c1-12-9-4-2-3-7-5-8(6-11)13-10(7)9/h2-4,8H,5-6H2,1H3. The third-order valence-electron chi connectivity index (χ3n) is 2.18. The second kappa shape index (κ2) is 3.74. The van der Waals surface area contributed by atoms with Crippen molar-refractivity contribution in [3.63, 3.8) is 0 Å². The highest BCUT2D eigenvalue weighted by atomic mass is 127. The zero-order chi connectivity index (χ0) is 9.26. The molecule has 0 spiro atoms. The third-order valence-corrected chi connectivity index (χ3v) is 3.17. The van der Waals surface area contributed by atoms with Gasteiger partial charge in [0, 0.05) is 16.4 Å². The van der Waals surface area contributed by atoms with Crippen LogP contribution in [0.25, 0.3) is 0 Å². The first kappa shape index (κ1) is 9.12. The van der Waals surface area contributed by atoms with Gasteiger partial charge in [0.15, 0.2) is 11.5 Å². The zero-order valence-electron chi connectivity index (χ0n) is 7.42. The molecule has 0 amide bonds. The monoisotopic (exact) mass is 290 g/mol. The van der Waals surface area contributed by atoms with Crippen molar-refractivity contribution in [2.45, 2.75) is 12.5 Å². The summed E-state index contributed by atoms with van der Waals surface area (Å²) in [6.45, 7) is 0. The SMILES string of the molecule is COc1cccc2c1OC(CI)C2. The number of para-hydroxylation sites is 1. The summed E-state index contributed by atoms with van der Waals surface area (Å²) in [7, 11) is 1.68. The molecule has 0 saturated carbocycles. The minimum Gasteiger partial charge on any atom is -0.493 e. The van der Waals surface area contributed by atoms with Crippen LogP contribution < -0.4 is 9.47 Å². The van der Waals surface area contributed by atoms with Crippen LogP contribution in [-0.2, 0) is 6.42 Å². The van der Waals surface area contributed by atoms with E-state index in [1.165, 1.54) is 5.56 Å². The van der Waals surface area contributed by atoms with Crippen LogP contribution in [0.5, 0.6) is 11.5 Å². The highest BCUT2D eigenvalue weighted by Gasteiger charge is 2.24. The zero-order valence-corrected chi connectivity index (χ0v) is 9.58. The number of methoxy groups -OCH3 is 1. The number of alkyl halides is 1. The van der Waals surface area contributed by atoms with Crippen molar-refractivity contribution in [3.8, 4) is 11.5 Å². The first-order chi connectivity index (χ1) is 6.35. The summed E-state index contributed by atoms with van der Waals surface area (Å²) in [5.41, 5.74) is 1.26. The van der Waals surface area contributed by atoms with Crippen molar-refractivity contribution in [1.82, 2.24) is 0 Å². The average molecular weight is 290 g/mol. The molecular weight excluding hydrogens is 279 g/mol. The highest BCUT2D eigenvalue weighted by Crippen LogP contribution is 2.37. The fourth-order valence-electron chi connectivity index (χ4n) is 1.56. The van der Waals surface area contributed by atoms with Gasteiger partial charge in [0.1, 0.15) is 6.10 Å². The second-order valence-electron chi connectivity index (χ2n) is 3.05. The number of fused-ring (bicyclic) bond motifs is 1. The second-order valence-corrected chi connectivity index (χ2v) is 3.93. The van der Waals surface area contributed by atoms with Crippen LogP contribution in [0.3, 0.4) is 0 Å². The minimum absolute atomic E-state index is 0.326. The maximum atomic E-state index is 5.75. The largest absolute Gasteiger partial charge is 0.493 e. The Bertz CT molecular complexity index is 312. The molecule has 1 atom stereocenters. The lowest BCUT2D eigenvalue weighted by Crippen LogP contribution is -2.13. The van der Waals surface area contributed by atoms with Crippen LogP contribution in [0.1, 0.15) is 5.56 Å². The summed E-state index contributed by atoms with van der Waals surface area (Å²) in [6, 6.07) is 6.05. The maximum Gasteiger partial charge on any atom is 0.164 e. The van der Waals surface area contributed by atoms with Gasteiger partial charge in [-0.25, -0.2) is 0 Å². The summed E-state index contributed by atoms with van der Waals surface area (Å²) < 4.78 is 12.0. The predicted molar refractivity (Wildman–Crippen MR) is 60.0 cm³/mol. The van der Waals surface area contributed by atoms with Gasteiger partial charge in [-0.3, -0.25) is 0 Å². The van der Waals surface area contributed by atoms with E-state index in [4.69, 9.17) is 9.47 Å². The topological polar surface area (TPSA) is 18.5 Å². The van der Waals surface area contributed by atoms with Gasteiger partial charge in [-0.1, -0.05) is 34.7 Å². The van der Waals surface area contributed by atoms with Gasteiger partial charge >= 0.3 is 0 Å². The van der Waals surface area contributed by atoms with E-state index in [0.29, 0.717) is 6.10 Å². The molecule has 0 aliphatic carbocycles. The average Bonchev–Trinajstić information content (AvgIpc) is 2.59. The molecule has 13 heavy (non-hydrogen) atoms. The molecule has 0 radical (unpaired) electrons. The van der Waals surface area contributed by atoms with Crippen molar-refractivity contribution in [2.75, 3.05) is 11.5 Å². The van der Waals surface area contributed by atoms with E-state index in [1.54, 1.807) is 7.11 Å². The van der Waals surface area contributed by atoms with E-state index in [1.807, 2.05) is 12.1 Å². The number of ether oxygens (including phenoxy) is 2. The normalized spacial score (nSPS) is 19.4. The van der Waals surface area contributed by atoms with Crippen molar-refractivity contribution >= 4 is 22.6 Å². The Balaban J connectivity index is 2.33. The van der Waals surface area contributed by atoms with Crippen molar-refractivity contribution in [1.29, 1.82) is 0 Å². The van der Waals surface area contributed by atoms with E-state index in [9.17, 15) is 0 Å². The first-order valence-electron chi connectivity index (χ1n) is 4.23. The molecule has 3 heteroatoms. The Kier molecular flexibility index (Phi) is 2.62. The number of halogens is 1. The Morgan fingerprint density at radius 3 is 3.15 bits per heavy atom. The van der Waals surface area contributed by atoms with Crippen molar-refractivity contribution in [3.05, 3.63) is 23.8 Å². The number of rotatable bonds is 2. The molecule has 0 bridgehead atoms. The van der Waals surface area contributed by atoms with Crippen LogP contribution in [0.15, 0.2) is 18.2 Å². The number of benzene rings is 1. The van der Waals surface area contributed by atoms with Crippen LogP contribution in [0.2, 0.25) is 0 Å². The molecule has 1 aromatic carbocycles. The third kappa shape index (κ3) is 1.61. The van der Waals surface area contributed by atoms with E-state index >= 15 is 0 Å². The van der Waals surface area contributed by atoms with Crippen molar-refractivity contribution in [2.24, 2.45) is 0 Å². The predicted octanol–water partition coefficient (Wildman–Crippen LogP) is 2.43. The van der Waals surface area contributed by atoms with Crippen LogP contribution in [0, 0.1) is 0 Å². The molecule has 2 rings (SSSR count). The molecule has 0 fully saturated rings. The lowest BCUT2D eigenvalue weighted by molar-refractivity contribution is 0.250. The van der Waals surface area contributed by atoms with Gasteiger partial charge in [-0.05, 0) is 6.07 Å². The smallest absolute Gasteiger partial charge is 0.164 e. The minimum atomic E-state index is 0.326. The molecular formula is C10H11IO2. The lowest BCUT2D eigenvalue weighted by atomic mass is 10.1. The highest BCUT2D eigenvalue weighted by molar-refractivity contribution is 14.1. The van der Waals surface area contributed by atoms with Gasteiger partial charge in [0.2, 0.25) is 0 Å². The fraction of sp³-hybridized carbons (Fsp3) is 0.400. The lowest BCUT2D eigenvalue weighted by Gasteiger charge is -2.08. The van der Waals surface area contributed by atoms with E-state index in [0.717, 1.165) is 22.3 Å². The van der Waals surface area contributed by atoms with Gasteiger partial charge in [-0.2, -0.15) is 0 Å². The van der Waals surface area contributed by atoms with Gasteiger partial charge in [0.05, 0.1) is 7.11 Å². The summed E-state index contributed by atoms with van der Waals surface area (Å²) in [4.78, 5) is 0. The Labute approximate surface area is 91.4 Å². The molecule has 0 N–H and O–H groups in total. The molecule has 0 saturated heterocycles. The molecule has 1 heterocycles. The van der Waals surface area contributed by atoms with Crippen LogP contribution >= 0.6 is 22.6 Å². The molecule has 2 nitrogen and oxygen atoms in total. The summed E-state index contributed by atoms with van der Waals surface area (Å²) in [6.07, 6.45) is 1.34. The summed E-state index contributed by atoms with van der Waals surface area (Å²) in [5, 5.41) is 0. The summed E-state index contributed by atoms with van der Waals surface area (Å²) >= 11 is 2.35. The van der Waals surface area contributed by atoms with E-state index < -0.39 is 0 Å². The number of hydrogen-bond donors (Lipinski definition) is 0. The van der Waals surface area contributed by atoms with E-state index in [-0.39, 0.29) is 0 Å². The van der Waals surface area contributed by atoms with Crippen LogP contribution in [-0.4, -0.2) is 17.6 Å². The van der Waals surface area contributed by atoms with E-state index in [2.05, 4.69) is 28.7 Å². The van der Waals surface area contributed by atoms with Gasteiger partial charge in [0.25, 0.3) is 0 Å². The van der Waals surface area contributed by atoms with Gasteiger partial charge in [-0.15, -0.1) is 0 Å². The first-order valence-corrected chi connectivity index (χ1v) is 5.76. The molecule has 1 aliphatic rings. The molecule has 1 unspecified atom stereocenters. The molecule has 1 aliphatic heterocycles. The Hall–Kier alpha value is -0.450. The Morgan fingerprint density at radius 1 is 1.62 bits per heavy atom. The summed E-state index contributed by atoms with van der Waals surface area (Å²) in [5.74, 6) is 1.79. The number of hydrogen-bond acceptors (Lipinski definition) is 2. The van der Waals surface area contributed by atoms with Crippen LogP contribution in [0.4, 0.5) is 0 Å². The Morgan fingerprint density at radius 2 is 2.46 bits per heavy atom. The quantitative estimate of drug-likeness (QED) is 0.615. The molecule has 70 valence electrons. The maximum absolute atomic E-state index is 5.75. The fourth-order valence-corrected chi connectivity index (χ4v) is 2.05. The molecule has 1 aromatic rings.